The Bertz CT molecular complexity index is 2140. The standard InChI is InChI=1S/C22H30N4O4S.C17H19BrN2O2.C5H12N2O2S/c1-31(27,28)26-15-13-25(14-16-26)21-11-12-22(24-23-21)30-20-9-7-19(8-10-20)29-17-18-5-3-2-4-6-18;18-16-10-11-17(20-19-16)22-15-8-6-14(7-9-15)21-12-13-4-2-1-3-5-13;1-10(8,9)7-4-2-6-3-5-7/h2-6,11-12,19-20H,7-10,13-17H2,1H3;1-5,10-11,14-15H,6-9,12H2;6H,2-5H2,1H3. The number of hydrogen-bond donors (Lipinski definition) is 1. The van der Waals surface area contributed by atoms with Gasteiger partial charge in [0, 0.05) is 64.5 Å². The van der Waals surface area contributed by atoms with Crippen molar-refractivity contribution in [3.05, 3.63) is 101 Å². The van der Waals surface area contributed by atoms with Crippen LogP contribution >= 0.6 is 15.9 Å². The number of benzene rings is 2. The zero-order chi connectivity index (χ0) is 44.5. The molecule has 0 unspecified atom stereocenters. The number of hydrogen-bond acceptors (Lipinski definition) is 14. The lowest BCUT2D eigenvalue weighted by molar-refractivity contribution is -0.00749. The lowest BCUT2D eigenvalue weighted by Crippen LogP contribution is -2.48. The fourth-order valence-electron chi connectivity index (χ4n) is 7.69. The normalized spacial score (nSPS) is 22.4. The van der Waals surface area contributed by atoms with Crippen molar-refractivity contribution in [2.24, 2.45) is 0 Å². The second kappa shape index (κ2) is 24.5. The number of sulfonamides is 2. The van der Waals surface area contributed by atoms with Crippen molar-refractivity contribution in [1.82, 2.24) is 34.3 Å². The summed E-state index contributed by atoms with van der Waals surface area (Å²) in [5.41, 5.74) is 2.43. The van der Waals surface area contributed by atoms with Gasteiger partial charge in [0.05, 0.1) is 37.9 Å². The molecule has 2 saturated carbocycles. The van der Waals surface area contributed by atoms with Crippen LogP contribution in [-0.2, 0) is 42.7 Å². The van der Waals surface area contributed by atoms with Crippen molar-refractivity contribution in [3.8, 4) is 11.8 Å². The minimum Gasteiger partial charge on any atom is -0.473 e. The molecule has 0 spiro atoms. The highest BCUT2D eigenvalue weighted by Crippen LogP contribution is 2.27. The van der Waals surface area contributed by atoms with Crippen molar-refractivity contribution < 1.29 is 35.8 Å². The van der Waals surface area contributed by atoms with E-state index in [4.69, 9.17) is 18.9 Å². The lowest BCUT2D eigenvalue weighted by atomic mass is 9.95. The Morgan fingerprint density at radius 1 is 0.540 bits per heavy atom. The van der Waals surface area contributed by atoms with E-state index in [1.165, 1.54) is 32.2 Å². The third kappa shape index (κ3) is 16.9. The first kappa shape index (κ1) is 48.6. The van der Waals surface area contributed by atoms with Gasteiger partial charge in [0.2, 0.25) is 31.8 Å². The second-order valence-electron chi connectivity index (χ2n) is 16.1. The molecule has 0 bridgehead atoms. The van der Waals surface area contributed by atoms with Gasteiger partial charge < -0.3 is 29.2 Å². The maximum Gasteiger partial charge on any atom is 0.233 e. The molecule has 2 saturated heterocycles. The second-order valence-corrected chi connectivity index (χ2v) is 20.9. The maximum absolute atomic E-state index is 11.6. The van der Waals surface area contributed by atoms with Gasteiger partial charge in [0.1, 0.15) is 16.8 Å². The average molecular weight is 974 g/mol. The number of piperazine rings is 2. The van der Waals surface area contributed by atoms with E-state index in [-0.39, 0.29) is 18.3 Å². The Hall–Kier alpha value is -3.82. The Balaban J connectivity index is 0.000000178. The molecule has 2 aromatic carbocycles. The molecular weight excluding hydrogens is 913 g/mol. The van der Waals surface area contributed by atoms with Crippen LogP contribution in [-0.4, -0.2) is 135 Å². The Morgan fingerprint density at radius 3 is 1.37 bits per heavy atom. The highest BCUT2D eigenvalue weighted by molar-refractivity contribution is 9.10. The molecule has 0 radical (unpaired) electrons. The minimum atomic E-state index is -3.13. The zero-order valence-electron chi connectivity index (χ0n) is 36.2. The van der Waals surface area contributed by atoms with Crippen LogP contribution in [0.5, 0.6) is 11.8 Å². The number of ether oxygens (including phenoxy) is 4. The van der Waals surface area contributed by atoms with Crippen LogP contribution in [0.25, 0.3) is 0 Å². The number of anilines is 1. The van der Waals surface area contributed by atoms with Crippen LogP contribution in [0.3, 0.4) is 0 Å². The molecule has 2 aliphatic carbocycles. The SMILES string of the molecule is Brc1ccc(OC2CCC(OCc3ccccc3)CC2)nn1.CS(=O)(=O)N1CCN(c2ccc(OC3CCC(OCc4ccccc4)CC3)nn2)CC1.CS(=O)(=O)N1CCNCC1. The van der Waals surface area contributed by atoms with Crippen LogP contribution in [0.2, 0.25) is 0 Å². The molecular formula is C44H61BrN8O8S2. The largest absolute Gasteiger partial charge is 0.473 e. The Kier molecular flexibility index (Phi) is 18.9. The van der Waals surface area contributed by atoms with Crippen molar-refractivity contribution in [1.29, 1.82) is 0 Å². The van der Waals surface area contributed by atoms with E-state index in [9.17, 15) is 16.8 Å². The molecule has 2 aliphatic heterocycles. The predicted octanol–water partition coefficient (Wildman–Crippen LogP) is 5.46. The average Bonchev–Trinajstić information content (AvgIpc) is 3.30. The maximum atomic E-state index is 11.6. The summed E-state index contributed by atoms with van der Waals surface area (Å²) in [6.07, 6.45) is 11.3. The van der Waals surface area contributed by atoms with Crippen LogP contribution in [0.15, 0.2) is 89.5 Å². The van der Waals surface area contributed by atoms with Crippen LogP contribution in [0.4, 0.5) is 5.82 Å². The van der Waals surface area contributed by atoms with Gasteiger partial charge >= 0.3 is 0 Å². The van der Waals surface area contributed by atoms with Gasteiger partial charge in [0.15, 0.2) is 5.82 Å². The number of nitrogens with zero attached hydrogens (tertiary/aromatic N) is 7. The molecule has 344 valence electrons. The van der Waals surface area contributed by atoms with Gasteiger partial charge in [-0.3, -0.25) is 0 Å². The smallest absolute Gasteiger partial charge is 0.233 e. The number of rotatable bonds is 13. The Morgan fingerprint density at radius 2 is 0.968 bits per heavy atom. The number of nitrogens with one attached hydrogen (secondary N) is 1. The molecule has 2 aromatic heterocycles. The van der Waals surface area contributed by atoms with Gasteiger partial charge in [-0.2, -0.15) is 8.61 Å². The van der Waals surface area contributed by atoms with Gasteiger partial charge in [-0.25, -0.2) is 16.8 Å². The van der Waals surface area contributed by atoms with Crippen LogP contribution in [0.1, 0.15) is 62.5 Å². The lowest BCUT2D eigenvalue weighted by Gasteiger charge is -2.33. The topological polar surface area (TPSA) is 179 Å². The fourth-order valence-corrected chi connectivity index (χ4v) is 9.57. The molecule has 4 fully saturated rings. The van der Waals surface area contributed by atoms with E-state index in [1.807, 2.05) is 65.6 Å². The van der Waals surface area contributed by atoms with Crippen molar-refractivity contribution >= 4 is 41.8 Å². The first-order valence-corrected chi connectivity index (χ1v) is 26.2. The zero-order valence-corrected chi connectivity index (χ0v) is 39.4. The van der Waals surface area contributed by atoms with Crippen LogP contribution < -0.4 is 19.7 Å². The summed E-state index contributed by atoms with van der Waals surface area (Å²) in [5, 5.41) is 19.6. The summed E-state index contributed by atoms with van der Waals surface area (Å²) in [5.74, 6) is 1.88. The molecule has 0 atom stereocenters. The summed E-state index contributed by atoms with van der Waals surface area (Å²) < 4.78 is 72.7. The molecule has 8 rings (SSSR count). The molecule has 1 N–H and O–H groups in total. The van der Waals surface area contributed by atoms with Gasteiger partial charge in [0.25, 0.3) is 0 Å². The van der Waals surface area contributed by atoms with Gasteiger partial charge in [-0.1, -0.05) is 60.7 Å². The van der Waals surface area contributed by atoms with Gasteiger partial charge in [-0.15, -0.1) is 20.4 Å². The third-order valence-electron chi connectivity index (χ3n) is 11.3. The van der Waals surface area contributed by atoms with Crippen molar-refractivity contribution in [2.45, 2.75) is 89.0 Å². The third-order valence-corrected chi connectivity index (χ3v) is 14.3. The quantitative estimate of drug-likeness (QED) is 0.179. The van der Waals surface area contributed by atoms with Crippen LogP contribution in [0, 0.1) is 0 Å². The Labute approximate surface area is 381 Å². The molecule has 19 heteroatoms. The number of aromatic nitrogens is 4. The van der Waals surface area contributed by atoms with E-state index in [0.717, 1.165) is 74.9 Å². The van der Waals surface area contributed by atoms with Gasteiger partial charge in [-0.05, 0) is 90.6 Å². The summed E-state index contributed by atoms with van der Waals surface area (Å²) in [6.45, 7) is 6.25. The summed E-state index contributed by atoms with van der Waals surface area (Å²) in [7, 11) is -6.07. The minimum absolute atomic E-state index is 0.134. The molecule has 16 nitrogen and oxygen atoms in total. The van der Waals surface area contributed by atoms with Crippen molar-refractivity contribution in [3.63, 3.8) is 0 Å². The molecule has 4 aromatic rings. The van der Waals surface area contributed by atoms with E-state index < -0.39 is 20.0 Å². The molecule has 4 heterocycles. The molecule has 63 heavy (non-hydrogen) atoms. The first-order valence-electron chi connectivity index (χ1n) is 21.7. The summed E-state index contributed by atoms with van der Waals surface area (Å²) >= 11 is 3.27. The van der Waals surface area contributed by atoms with E-state index >= 15 is 0 Å². The summed E-state index contributed by atoms with van der Waals surface area (Å²) in [6, 6.07) is 28.0. The molecule has 0 amide bonds. The summed E-state index contributed by atoms with van der Waals surface area (Å²) in [4.78, 5) is 2.05. The number of halogens is 1. The highest BCUT2D eigenvalue weighted by atomic mass is 79.9. The van der Waals surface area contributed by atoms with E-state index in [0.29, 0.717) is 70.3 Å². The predicted molar refractivity (Wildman–Crippen MR) is 245 cm³/mol. The van der Waals surface area contributed by atoms with E-state index in [2.05, 4.69) is 65.9 Å². The fraction of sp³-hybridized carbons (Fsp3) is 0.545. The molecule has 4 aliphatic rings. The monoisotopic (exact) mass is 972 g/mol. The highest BCUT2D eigenvalue weighted by Gasteiger charge is 2.27. The van der Waals surface area contributed by atoms with E-state index in [1.54, 1.807) is 0 Å². The van der Waals surface area contributed by atoms with Crippen molar-refractivity contribution in [2.75, 3.05) is 69.8 Å². The first-order chi connectivity index (χ1) is 30.4.